The van der Waals surface area contributed by atoms with Crippen LogP contribution >= 0.6 is 0 Å². The van der Waals surface area contributed by atoms with Crippen LogP contribution in [0.2, 0.25) is 0 Å². The second kappa shape index (κ2) is 6.22. The lowest BCUT2D eigenvalue weighted by atomic mass is 10.1. The molecule has 0 fully saturated rings. The normalized spacial score (nSPS) is 13.5. The van der Waals surface area contributed by atoms with Crippen molar-refractivity contribution < 1.29 is 12.9 Å². The minimum Gasteiger partial charge on any atom is -0.361 e. The lowest BCUT2D eigenvalue weighted by Gasteiger charge is -2.25. The number of hydrogen-bond donors (Lipinski definition) is 0. The van der Waals surface area contributed by atoms with E-state index < -0.39 is 9.84 Å². The van der Waals surface area contributed by atoms with Crippen LogP contribution in [-0.4, -0.2) is 31.8 Å². The minimum atomic E-state index is -3.15. The van der Waals surface area contributed by atoms with E-state index in [4.69, 9.17) is 4.52 Å². The van der Waals surface area contributed by atoms with Crippen molar-refractivity contribution in [1.29, 1.82) is 0 Å². The Labute approximate surface area is 131 Å². The Morgan fingerprint density at radius 1 is 1.23 bits per heavy atom. The highest BCUT2D eigenvalue weighted by Crippen LogP contribution is 2.24. The Bertz CT molecular complexity index is 729. The van der Waals surface area contributed by atoms with Gasteiger partial charge in [-0.05, 0) is 45.5 Å². The van der Waals surface area contributed by atoms with Crippen molar-refractivity contribution in [1.82, 2.24) is 10.1 Å². The molecule has 0 aliphatic rings. The molecule has 0 saturated carbocycles. The lowest BCUT2D eigenvalue weighted by Crippen LogP contribution is -2.22. The Kier molecular flexibility index (Phi) is 4.72. The summed E-state index contributed by atoms with van der Waals surface area (Å²) < 4.78 is 28.2. The van der Waals surface area contributed by atoms with E-state index in [1.54, 1.807) is 12.1 Å². The van der Waals surface area contributed by atoms with Crippen LogP contribution in [0.3, 0.4) is 0 Å². The number of aromatic nitrogens is 1. The van der Waals surface area contributed by atoms with Gasteiger partial charge >= 0.3 is 0 Å². The van der Waals surface area contributed by atoms with Gasteiger partial charge in [0.25, 0.3) is 0 Å². The molecule has 0 spiro atoms. The second-order valence-corrected chi connectivity index (χ2v) is 7.75. The standard InChI is InChI=1S/C16H22N2O3S/c1-11-16(13(3)21-17-11)10-18(4)12(2)14-6-8-15(9-7-14)22(5,19)20/h6-9,12H,10H2,1-5H3/t12-/m0/s1. The Morgan fingerprint density at radius 3 is 2.27 bits per heavy atom. The van der Waals surface area contributed by atoms with E-state index in [-0.39, 0.29) is 6.04 Å². The van der Waals surface area contributed by atoms with E-state index >= 15 is 0 Å². The minimum absolute atomic E-state index is 0.155. The molecule has 0 aliphatic heterocycles. The quantitative estimate of drug-likeness (QED) is 0.847. The van der Waals surface area contributed by atoms with E-state index in [2.05, 4.69) is 17.0 Å². The van der Waals surface area contributed by atoms with Gasteiger partial charge in [-0.15, -0.1) is 0 Å². The molecule has 0 amide bonds. The predicted molar refractivity (Wildman–Crippen MR) is 85.4 cm³/mol. The number of aryl methyl sites for hydroxylation is 2. The van der Waals surface area contributed by atoms with Gasteiger partial charge in [0.2, 0.25) is 0 Å². The molecule has 0 aliphatic carbocycles. The summed E-state index contributed by atoms with van der Waals surface area (Å²) in [4.78, 5) is 2.53. The van der Waals surface area contributed by atoms with Crippen molar-refractivity contribution >= 4 is 9.84 Å². The fourth-order valence-electron chi connectivity index (χ4n) is 2.36. The van der Waals surface area contributed by atoms with Gasteiger partial charge in [-0.25, -0.2) is 8.42 Å². The second-order valence-electron chi connectivity index (χ2n) is 5.74. The Morgan fingerprint density at radius 2 is 1.82 bits per heavy atom. The van der Waals surface area contributed by atoms with E-state index in [0.717, 1.165) is 29.1 Å². The summed E-state index contributed by atoms with van der Waals surface area (Å²) in [5, 5.41) is 3.97. The molecule has 22 heavy (non-hydrogen) atoms. The van der Waals surface area contributed by atoms with Gasteiger partial charge < -0.3 is 4.52 Å². The van der Waals surface area contributed by atoms with Gasteiger partial charge in [0, 0.05) is 24.4 Å². The molecular formula is C16H22N2O3S. The Balaban J connectivity index is 2.15. The summed E-state index contributed by atoms with van der Waals surface area (Å²) in [5.41, 5.74) is 3.08. The highest BCUT2D eigenvalue weighted by Gasteiger charge is 2.17. The van der Waals surface area contributed by atoms with Crippen LogP contribution in [0.1, 0.15) is 35.5 Å². The van der Waals surface area contributed by atoms with Crippen molar-refractivity contribution in [2.45, 2.75) is 38.3 Å². The maximum Gasteiger partial charge on any atom is 0.175 e. The number of benzene rings is 1. The molecule has 1 heterocycles. The first kappa shape index (κ1) is 16.7. The Hall–Kier alpha value is -1.66. The van der Waals surface area contributed by atoms with Crippen LogP contribution in [0.5, 0.6) is 0 Å². The molecule has 0 radical (unpaired) electrons. The highest BCUT2D eigenvalue weighted by molar-refractivity contribution is 7.90. The summed E-state index contributed by atoms with van der Waals surface area (Å²) in [6, 6.07) is 7.20. The SMILES string of the molecule is Cc1noc(C)c1CN(C)[C@@H](C)c1ccc(S(C)(=O)=O)cc1. The maximum absolute atomic E-state index is 11.5. The third-order valence-electron chi connectivity index (χ3n) is 4.04. The van der Waals surface area contributed by atoms with Crippen LogP contribution in [0.4, 0.5) is 0 Å². The van der Waals surface area contributed by atoms with E-state index in [0.29, 0.717) is 4.90 Å². The smallest absolute Gasteiger partial charge is 0.175 e. The van der Waals surface area contributed by atoms with Crippen molar-refractivity contribution in [3.8, 4) is 0 Å². The summed E-state index contributed by atoms with van der Waals surface area (Å²) in [5.74, 6) is 0.837. The molecule has 1 atom stereocenters. The summed E-state index contributed by atoms with van der Waals surface area (Å²) in [7, 11) is -1.12. The molecule has 0 bridgehead atoms. The van der Waals surface area contributed by atoms with Gasteiger partial charge in [-0.3, -0.25) is 4.90 Å². The number of rotatable bonds is 5. The molecule has 0 unspecified atom stereocenters. The predicted octanol–water partition coefficient (Wildman–Crippen LogP) is 2.89. The average molecular weight is 322 g/mol. The van der Waals surface area contributed by atoms with Gasteiger partial charge in [-0.1, -0.05) is 17.3 Å². The molecular weight excluding hydrogens is 300 g/mol. The highest BCUT2D eigenvalue weighted by atomic mass is 32.2. The van der Waals surface area contributed by atoms with Gasteiger partial charge in [0.05, 0.1) is 10.6 Å². The molecule has 1 aromatic heterocycles. The largest absolute Gasteiger partial charge is 0.361 e. The number of sulfone groups is 1. The molecule has 5 nitrogen and oxygen atoms in total. The van der Waals surface area contributed by atoms with Gasteiger partial charge in [0.15, 0.2) is 9.84 Å². The van der Waals surface area contributed by atoms with Crippen LogP contribution in [0, 0.1) is 13.8 Å². The van der Waals surface area contributed by atoms with Crippen LogP contribution in [0.15, 0.2) is 33.7 Å². The monoisotopic (exact) mass is 322 g/mol. The molecule has 1 aromatic carbocycles. The first-order valence-electron chi connectivity index (χ1n) is 7.12. The average Bonchev–Trinajstić information content (AvgIpc) is 2.77. The molecule has 2 aromatic rings. The van der Waals surface area contributed by atoms with E-state index in [9.17, 15) is 8.42 Å². The van der Waals surface area contributed by atoms with Crippen molar-refractivity contribution in [2.75, 3.05) is 13.3 Å². The van der Waals surface area contributed by atoms with Crippen LogP contribution < -0.4 is 0 Å². The topological polar surface area (TPSA) is 63.4 Å². The van der Waals surface area contributed by atoms with E-state index in [1.165, 1.54) is 6.26 Å². The summed E-state index contributed by atoms with van der Waals surface area (Å²) in [6.07, 6.45) is 1.22. The fourth-order valence-corrected chi connectivity index (χ4v) is 2.99. The molecule has 0 saturated heterocycles. The zero-order valence-electron chi connectivity index (χ0n) is 13.6. The first-order valence-corrected chi connectivity index (χ1v) is 9.01. The van der Waals surface area contributed by atoms with E-state index in [1.807, 2.05) is 33.0 Å². The molecule has 0 N–H and O–H groups in total. The van der Waals surface area contributed by atoms with Crippen molar-refractivity contribution in [3.05, 3.63) is 46.8 Å². The number of nitrogens with zero attached hydrogens (tertiary/aromatic N) is 2. The molecule has 6 heteroatoms. The summed E-state index contributed by atoms with van der Waals surface area (Å²) in [6.45, 7) is 6.67. The fraction of sp³-hybridized carbons (Fsp3) is 0.438. The third-order valence-corrected chi connectivity index (χ3v) is 5.17. The first-order chi connectivity index (χ1) is 10.2. The maximum atomic E-state index is 11.5. The van der Waals surface area contributed by atoms with Crippen molar-refractivity contribution in [3.63, 3.8) is 0 Å². The molecule has 2 rings (SSSR count). The number of hydrogen-bond acceptors (Lipinski definition) is 5. The lowest BCUT2D eigenvalue weighted by molar-refractivity contribution is 0.251. The van der Waals surface area contributed by atoms with Crippen LogP contribution in [-0.2, 0) is 16.4 Å². The zero-order chi connectivity index (χ0) is 16.5. The van der Waals surface area contributed by atoms with Crippen molar-refractivity contribution in [2.24, 2.45) is 0 Å². The third kappa shape index (κ3) is 3.56. The van der Waals surface area contributed by atoms with Gasteiger partial charge in [-0.2, -0.15) is 0 Å². The summed E-state index contributed by atoms with van der Waals surface area (Å²) >= 11 is 0. The van der Waals surface area contributed by atoms with Gasteiger partial charge in [0.1, 0.15) is 5.76 Å². The van der Waals surface area contributed by atoms with Crippen LogP contribution in [0.25, 0.3) is 0 Å². The molecule has 120 valence electrons. The zero-order valence-corrected chi connectivity index (χ0v) is 14.4.